The molecule has 0 saturated heterocycles. The Bertz CT molecular complexity index is 552. The first-order valence-corrected chi connectivity index (χ1v) is 7.02. The second-order valence-electron chi connectivity index (χ2n) is 6.29. The summed E-state index contributed by atoms with van der Waals surface area (Å²) in [5.74, 6) is 0.206. The van der Waals surface area contributed by atoms with Gasteiger partial charge in [0.15, 0.2) is 5.78 Å². The van der Waals surface area contributed by atoms with E-state index in [-0.39, 0.29) is 23.0 Å². The highest BCUT2D eigenvalue weighted by Gasteiger charge is 2.32. The van der Waals surface area contributed by atoms with Crippen LogP contribution in [0.5, 0.6) is 0 Å². The molecule has 0 bridgehead atoms. The summed E-state index contributed by atoms with van der Waals surface area (Å²) in [6.07, 6.45) is 3.54. The zero-order valence-corrected chi connectivity index (χ0v) is 12.5. The van der Waals surface area contributed by atoms with Gasteiger partial charge in [-0.1, -0.05) is 27.7 Å². The van der Waals surface area contributed by atoms with Gasteiger partial charge in [-0.15, -0.1) is 0 Å². The number of Topliss-reactive ketones (excluding diaryl/α,β-unsaturated/α-hetero) is 1. The summed E-state index contributed by atoms with van der Waals surface area (Å²) >= 11 is 0. The van der Waals surface area contributed by atoms with Crippen molar-refractivity contribution in [1.29, 1.82) is 0 Å². The van der Waals surface area contributed by atoms with Gasteiger partial charge in [0.2, 0.25) is 11.9 Å². The highest BCUT2D eigenvalue weighted by molar-refractivity contribution is 5.98. The lowest BCUT2D eigenvalue weighted by atomic mass is 9.76. The van der Waals surface area contributed by atoms with Gasteiger partial charge in [-0.05, 0) is 18.3 Å². The van der Waals surface area contributed by atoms with Crippen LogP contribution in [0.3, 0.4) is 0 Å². The van der Waals surface area contributed by atoms with Gasteiger partial charge in [-0.2, -0.15) is 0 Å². The first-order chi connectivity index (χ1) is 9.32. The molecule has 108 valence electrons. The highest BCUT2D eigenvalue weighted by atomic mass is 16.2. The highest BCUT2D eigenvalue weighted by Crippen LogP contribution is 2.33. The number of hydrogen-bond donors (Lipinski definition) is 1. The van der Waals surface area contributed by atoms with E-state index in [9.17, 15) is 9.59 Å². The number of anilines is 1. The minimum atomic E-state index is -0.0890. The van der Waals surface area contributed by atoms with E-state index in [1.54, 1.807) is 0 Å². The van der Waals surface area contributed by atoms with Crippen LogP contribution in [0.25, 0.3) is 0 Å². The molecule has 1 N–H and O–H groups in total. The lowest BCUT2D eigenvalue weighted by Crippen LogP contribution is -2.29. The van der Waals surface area contributed by atoms with E-state index in [0.717, 1.165) is 18.5 Å². The lowest BCUT2D eigenvalue weighted by Gasteiger charge is -2.29. The van der Waals surface area contributed by atoms with Gasteiger partial charge in [-0.25, -0.2) is 9.97 Å². The minimum Gasteiger partial charge on any atom is -0.294 e. The fourth-order valence-corrected chi connectivity index (χ4v) is 2.31. The monoisotopic (exact) mass is 275 g/mol. The third kappa shape index (κ3) is 3.03. The van der Waals surface area contributed by atoms with Crippen LogP contribution in [-0.2, 0) is 11.2 Å². The van der Waals surface area contributed by atoms with E-state index < -0.39 is 0 Å². The topological polar surface area (TPSA) is 72.0 Å². The van der Waals surface area contributed by atoms with Crippen molar-refractivity contribution in [3.63, 3.8) is 0 Å². The molecule has 1 aliphatic rings. The maximum Gasteiger partial charge on any atom is 0.229 e. The van der Waals surface area contributed by atoms with Crippen LogP contribution in [0.2, 0.25) is 0 Å². The van der Waals surface area contributed by atoms with Gasteiger partial charge in [0.05, 0.1) is 11.3 Å². The maximum atomic E-state index is 12.0. The van der Waals surface area contributed by atoms with E-state index >= 15 is 0 Å². The fraction of sp³-hybridized carbons (Fsp3) is 0.600. The SMILES string of the molecule is CC[C@@H](C)C(=O)Nc1ncc2c(n1)CC(C)(C)CC2=O. The number of carbonyl (C=O) groups is 2. The third-order valence-corrected chi connectivity index (χ3v) is 3.75. The molecule has 1 aromatic heterocycles. The Kier molecular flexibility index (Phi) is 3.88. The van der Waals surface area contributed by atoms with E-state index in [1.165, 1.54) is 6.20 Å². The Labute approximate surface area is 119 Å². The van der Waals surface area contributed by atoms with Crippen LogP contribution in [0.15, 0.2) is 6.20 Å². The van der Waals surface area contributed by atoms with Crippen molar-refractivity contribution in [2.24, 2.45) is 11.3 Å². The van der Waals surface area contributed by atoms with E-state index in [0.29, 0.717) is 17.9 Å². The summed E-state index contributed by atoms with van der Waals surface area (Å²) in [5, 5.41) is 2.71. The van der Waals surface area contributed by atoms with Crippen molar-refractivity contribution in [3.05, 3.63) is 17.5 Å². The number of aromatic nitrogens is 2. The summed E-state index contributed by atoms with van der Waals surface area (Å²) in [6, 6.07) is 0. The molecule has 1 aliphatic carbocycles. The van der Waals surface area contributed by atoms with E-state index in [4.69, 9.17) is 0 Å². The fourth-order valence-electron chi connectivity index (χ4n) is 2.31. The second-order valence-corrected chi connectivity index (χ2v) is 6.29. The van der Waals surface area contributed by atoms with E-state index in [2.05, 4.69) is 15.3 Å². The second kappa shape index (κ2) is 5.31. The molecule has 0 unspecified atom stereocenters. The molecule has 0 spiro atoms. The molecule has 5 nitrogen and oxygen atoms in total. The summed E-state index contributed by atoms with van der Waals surface area (Å²) in [4.78, 5) is 32.3. The number of fused-ring (bicyclic) bond motifs is 1. The van der Waals surface area contributed by atoms with Crippen molar-refractivity contribution in [3.8, 4) is 0 Å². The predicted molar refractivity (Wildman–Crippen MR) is 76.5 cm³/mol. The summed E-state index contributed by atoms with van der Waals surface area (Å²) in [5.41, 5.74) is 1.24. The molecule has 0 aliphatic heterocycles. The summed E-state index contributed by atoms with van der Waals surface area (Å²) in [7, 11) is 0. The number of nitrogens with one attached hydrogen (secondary N) is 1. The maximum absolute atomic E-state index is 12.0. The number of rotatable bonds is 3. The van der Waals surface area contributed by atoms with Gasteiger partial charge in [0, 0.05) is 18.5 Å². The van der Waals surface area contributed by atoms with Gasteiger partial charge in [0.1, 0.15) is 0 Å². The predicted octanol–water partition coefficient (Wildman–Crippen LogP) is 2.62. The Morgan fingerprint density at radius 1 is 1.45 bits per heavy atom. The average Bonchev–Trinajstić information content (AvgIpc) is 2.35. The average molecular weight is 275 g/mol. The Morgan fingerprint density at radius 3 is 2.80 bits per heavy atom. The zero-order valence-electron chi connectivity index (χ0n) is 12.5. The minimum absolute atomic E-state index is 0.0762. The molecule has 20 heavy (non-hydrogen) atoms. The molecule has 0 saturated carbocycles. The number of hydrogen-bond acceptors (Lipinski definition) is 4. The quantitative estimate of drug-likeness (QED) is 0.920. The van der Waals surface area contributed by atoms with Crippen LogP contribution in [0.1, 0.15) is 56.6 Å². The van der Waals surface area contributed by atoms with Crippen LogP contribution in [0.4, 0.5) is 5.95 Å². The number of ketones is 1. The van der Waals surface area contributed by atoms with Crippen molar-refractivity contribution < 1.29 is 9.59 Å². The van der Waals surface area contributed by atoms with Gasteiger partial charge >= 0.3 is 0 Å². The molecule has 5 heteroatoms. The Hall–Kier alpha value is -1.78. The van der Waals surface area contributed by atoms with E-state index in [1.807, 2.05) is 27.7 Å². The van der Waals surface area contributed by atoms with Crippen molar-refractivity contribution in [2.75, 3.05) is 5.32 Å². The summed E-state index contributed by atoms with van der Waals surface area (Å²) in [6.45, 7) is 7.92. The first kappa shape index (κ1) is 14.6. The van der Waals surface area contributed by atoms with Crippen LogP contribution >= 0.6 is 0 Å². The molecule has 1 heterocycles. The normalized spacial score (nSPS) is 18.3. The van der Waals surface area contributed by atoms with Gasteiger partial charge in [-0.3, -0.25) is 14.9 Å². The molecule has 1 amide bonds. The number of nitrogens with zero attached hydrogens (tertiary/aromatic N) is 2. The first-order valence-electron chi connectivity index (χ1n) is 7.02. The summed E-state index contributed by atoms with van der Waals surface area (Å²) < 4.78 is 0. The number of carbonyl (C=O) groups excluding carboxylic acids is 2. The van der Waals surface area contributed by atoms with Crippen LogP contribution < -0.4 is 5.32 Å². The van der Waals surface area contributed by atoms with Crippen LogP contribution in [-0.4, -0.2) is 21.7 Å². The molecule has 0 fully saturated rings. The smallest absolute Gasteiger partial charge is 0.229 e. The largest absolute Gasteiger partial charge is 0.294 e. The van der Waals surface area contributed by atoms with Crippen molar-refractivity contribution in [1.82, 2.24) is 9.97 Å². The Balaban J connectivity index is 2.24. The van der Waals surface area contributed by atoms with Gasteiger partial charge < -0.3 is 0 Å². The molecular formula is C15H21N3O2. The van der Waals surface area contributed by atoms with Crippen LogP contribution in [0, 0.1) is 11.3 Å². The molecular weight excluding hydrogens is 254 g/mol. The molecule has 0 radical (unpaired) electrons. The molecule has 0 aromatic carbocycles. The standard InChI is InChI=1S/C15H21N3O2/c1-5-9(2)13(20)18-14-16-8-10-11(17-14)6-15(3,4)7-12(10)19/h8-9H,5-7H2,1-4H3,(H,16,17,18,20)/t9-/m1/s1. The molecule has 1 atom stereocenters. The number of amides is 1. The third-order valence-electron chi connectivity index (χ3n) is 3.75. The molecule has 1 aromatic rings. The molecule has 2 rings (SSSR count). The van der Waals surface area contributed by atoms with Crippen molar-refractivity contribution in [2.45, 2.75) is 47.0 Å². The Morgan fingerprint density at radius 2 is 2.15 bits per heavy atom. The van der Waals surface area contributed by atoms with Crippen molar-refractivity contribution >= 4 is 17.6 Å². The zero-order chi connectivity index (χ0) is 14.9. The van der Waals surface area contributed by atoms with Gasteiger partial charge in [0.25, 0.3) is 0 Å². The lowest BCUT2D eigenvalue weighted by molar-refractivity contribution is -0.119.